The van der Waals surface area contributed by atoms with Crippen LogP contribution < -0.4 is 5.73 Å². The molecule has 1 aromatic carbocycles. The standard InChI is InChI=1S/C8H9BrClNO2/c9-6-2-4(10)1-5(8(6)13)7(11)3-12/h1-2,7,12-13H,3,11H2. The maximum Gasteiger partial charge on any atom is 0.134 e. The Bertz CT molecular complexity index is 319. The Kier molecular flexibility index (Phi) is 3.55. The summed E-state index contributed by atoms with van der Waals surface area (Å²) in [7, 11) is 0. The van der Waals surface area contributed by atoms with Crippen molar-refractivity contribution in [2.45, 2.75) is 6.04 Å². The number of benzene rings is 1. The molecule has 0 heterocycles. The fourth-order valence-corrected chi connectivity index (χ4v) is 1.80. The first kappa shape index (κ1) is 10.8. The molecule has 0 fully saturated rings. The number of halogens is 2. The topological polar surface area (TPSA) is 66.5 Å². The van der Waals surface area contributed by atoms with Crippen LogP contribution >= 0.6 is 27.5 Å². The van der Waals surface area contributed by atoms with Crippen molar-refractivity contribution in [3.8, 4) is 5.75 Å². The highest BCUT2D eigenvalue weighted by Gasteiger charge is 2.13. The van der Waals surface area contributed by atoms with Gasteiger partial charge in [0.25, 0.3) is 0 Å². The summed E-state index contributed by atoms with van der Waals surface area (Å²) in [5, 5.41) is 18.8. The van der Waals surface area contributed by atoms with Gasteiger partial charge in [-0.25, -0.2) is 0 Å². The maximum absolute atomic E-state index is 9.53. The highest BCUT2D eigenvalue weighted by molar-refractivity contribution is 9.10. The first-order chi connectivity index (χ1) is 6.06. The van der Waals surface area contributed by atoms with E-state index in [9.17, 15) is 5.11 Å². The molecule has 13 heavy (non-hydrogen) atoms. The number of hydrogen-bond acceptors (Lipinski definition) is 3. The molecule has 0 aliphatic heterocycles. The zero-order valence-corrected chi connectivity index (χ0v) is 9.01. The van der Waals surface area contributed by atoms with Crippen LogP contribution in [0.15, 0.2) is 16.6 Å². The van der Waals surface area contributed by atoms with Gasteiger partial charge >= 0.3 is 0 Å². The van der Waals surface area contributed by atoms with E-state index in [-0.39, 0.29) is 12.4 Å². The van der Waals surface area contributed by atoms with Gasteiger partial charge in [-0.1, -0.05) is 11.6 Å². The first-order valence-electron chi connectivity index (χ1n) is 3.60. The lowest BCUT2D eigenvalue weighted by Crippen LogP contribution is -2.14. The van der Waals surface area contributed by atoms with Crippen LogP contribution in [0.4, 0.5) is 0 Å². The number of rotatable bonds is 2. The summed E-state index contributed by atoms with van der Waals surface area (Å²) in [4.78, 5) is 0. The molecule has 0 aliphatic rings. The van der Waals surface area contributed by atoms with Gasteiger partial charge in [-0.2, -0.15) is 0 Å². The Morgan fingerprint density at radius 1 is 1.54 bits per heavy atom. The number of aliphatic hydroxyl groups is 1. The molecule has 5 heteroatoms. The fourth-order valence-electron chi connectivity index (χ4n) is 0.967. The number of phenolic OH excluding ortho intramolecular Hbond substituents is 1. The van der Waals surface area contributed by atoms with Gasteiger partial charge in [0.2, 0.25) is 0 Å². The molecule has 0 saturated heterocycles. The molecule has 0 radical (unpaired) electrons. The summed E-state index contributed by atoms with van der Waals surface area (Å²) in [6.45, 7) is -0.236. The fraction of sp³-hybridized carbons (Fsp3) is 0.250. The third kappa shape index (κ3) is 2.34. The molecule has 1 aromatic rings. The second-order valence-corrected chi connectivity index (χ2v) is 3.91. The van der Waals surface area contributed by atoms with Crippen LogP contribution in [0.3, 0.4) is 0 Å². The van der Waals surface area contributed by atoms with Crippen molar-refractivity contribution in [3.05, 3.63) is 27.2 Å². The van der Waals surface area contributed by atoms with Gasteiger partial charge in [0, 0.05) is 10.6 Å². The zero-order chi connectivity index (χ0) is 10.0. The van der Waals surface area contributed by atoms with Crippen LogP contribution in [0.25, 0.3) is 0 Å². The average Bonchev–Trinajstić information content (AvgIpc) is 2.10. The Hall–Kier alpha value is -0.290. The summed E-state index contributed by atoms with van der Waals surface area (Å²) in [5.41, 5.74) is 5.98. The van der Waals surface area contributed by atoms with Crippen LogP contribution in [-0.4, -0.2) is 16.8 Å². The van der Waals surface area contributed by atoms with Crippen LogP contribution in [0.5, 0.6) is 5.75 Å². The Morgan fingerprint density at radius 3 is 2.69 bits per heavy atom. The lowest BCUT2D eigenvalue weighted by Gasteiger charge is -2.12. The summed E-state index contributed by atoms with van der Waals surface area (Å²) >= 11 is 8.87. The number of phenols is 1. The number of aliphatic hydroxyl groups excluding tert-OH is 1. The van der Waals surface area contributed by atoms with Gasteiger partial charge in [-0.15, -0.1) is 0 Å². The van der Waals surface area contributed by atoms with E-state index in [4.69, 9.17) is 22.4 Å². The summed E-state index contributed by atoms with van der Waals surface area (Å²) < 4.78 is 0.471. The molecular weight excluding hydrogens is 257 g/mol. The molecule has 0 saturated carbocycles. The minimum absolute atomic E-state index is 0.0194. The molecule has 1 rings (SSSR count). The predicted molar refractivity (Wildman–Crippen MR) is 54.8 cm³/mol. The zero-order valence-electron chi connectivity index (χ0n) is 6.67. The first-order valence-corrected chi connectivity index (χ1v) is 4.77. The predicted octanol–water partition coefficient (Wildman–Crippen LogP) is 1.80. The van der Waals surface area contributed by atoms with Crippen LogP contribution in [0, 0.1) is 0 Å². The number of aromatic hydroxyl groups is 1. The second-order valence-electron chi connectivity index (χ2n) is 2.61. The highest BCUT2D eigenvalue weighted by atomic mass is 79.9. The minimum Gasteiger partial charge on any atom is -0.506 e. The molecule has 1 unspecified atom stereocenters. The second kappa shape index (κ2) is 4.28. The van der Waals surface area contributed by atoms with Gasteiger partial charge in [0.1, 0.15) is 5.75 Å². The molecular formula is C8H9BrClNO2. The monoisotopic (exact) mass is 265 g/mol. The molecule has 0 bridgehead atoms. The van der Waals surface area contributed by atoms with Crippen LogP contribution in [-0.2, 0) is 0 Å². The molecule has 3 nitrogen and oxygen atoms in total. The molecule has 0 amide bonds. The highest BCUT2D eigenvalue weighted by Crippen LogP contribution is 2.34. The van der Waals surface area contributed by atoms with Gasteiger partial charge < -0.3 is 15.9 Å². The van der Waals surface area contributed by atoms with Crippen molar-refractivity contribution in [2.24, 2.45) is 5.73 Å². The van der Waals surface area contributed by atoms with E-state index in [1.165, 1.54) is 6.07 Å². The summed E-state index contributed by atoms with van der Waals surface area (Å²) in [6, 6.07) is 2.47. The number of hydrogen-bond donors (Lipinski definition) is 3. The Balaban J connectivity index is 3.20. The smallest absolute Gasteiger partial charge is 0.134 e. The summed E-state index contributed by atoms with van der Waals surface area (Å²) in [6.07, 6.45) is 0. The van der Waals surface area contributed by atoms with Crippen LogP contribution in [0.2, 0.25) is 5.02 Å². The third-order valence-corrected chi connectivity index (χ3v) is 2.48. The van der Waals surface area contributed by atoms with Crippen molar-refractivity contribution >= 4 is 27.5 Å². The van der Waals surface area contributed by atoms with Gasteiger partial charge in [-0.3, -0.25) is 0 Å². The van der Waals surface area contributed by atoms with Gasteiger partial charge in [0.05, 0.1) is 17.1 Å². The average molecular weight is 267 g/mol. The minimum atomic E-state index is -0.616. The van der Waals surface area contributed by atoms with E-state index in [0.29, 0.717) is 15.1 Å². The maximum atomic E-state index is 9.53. The Labute approximate surface area is 89.3 Å². The van der Waals surface area contributed by atoms with Gasteiger partial charge in [0.15, 0.2) is 0 Å². The molecule has 4 N–H and O–H groups in total. The van der Waals surface area contributed by atoms with Crippen molar-refractivity contribution < 1.29 is 10.2 Å². The molecule has 0 spiro atoms. The normalized spacial score (nSPS) is 12.9. The van der Waals surface area contributed by atoms with Crippen molar-refractivity contribution in [1.82, 2.24) is 0 Å². The Morgan fingerprint density at radius 2 is 2.15 bits per heavy atom. The van der Waals surface area contributed by atoms with E-state index in [2.05, 4.69) is 15.9 Å². The van der Waals surface area contributed by atoms with Crippen LogP contribution in [0.1, 0.15) is 11.6 Å². The molecule has 0 aromatic heterocycles. The van der Waals surface area contributed by atoms with E-state index in [0.717, 1.165) is 0 Å². The quantitative estimate of drug-likeness (QED) is 0.765. The van der Waals surface area contributed by atoms with Crippen molar-refractivity contribution in [3.63, 3.8) is 0 Å². The SMILES string of the molecule is NC(CO)c1cc(Cl)cc(Br)c1O. The third-order valence-electron chi connectivity index (χ3n) is 1.65. The van der Waals surface area contributed by atoms with Gasteiger partial charge in [-0.05, 0) is 28.1 Å². The van der Waals surface area contributed by atoms with E-state index in [1.54, 1.807) is 6.07 Å². The van der Waals surface area contributed by atoms with Crippen molar-refractivity contribution in [1.29, 1.82) is 0 Å². The lowest BCUT2D eigenvalue weighted by atomic mass is 10.1. The lowest BCUT2D eigenvalue weighted by molar-refractivity contribution is 0.265. The molecule has 1 atom stereocenters. The summed E-state index contributed by atoms with van der Waals surface area (Å²) in [5.74, 6) is 0.0194. The number of nitrogens with two attached hydrogens (primary N) is 1. The van der Waals surface area contributed by atoms with E-state index >= 15 is 0 Å². The molecule has 0 aliphatic carbocycles. The van der Waals surface area contributed by atoms with E-state index in [1.807, 2.05) is 0 Å². The van der Waals surface area contributed by atoms with Crippen molar-refractivity contribution in [2.75, 3.05) is 6.61 Å². The molecule has 72 valence electrons. The largest absolute Gasteiger partial charge is 0.506 e. The van der Waals surface area contributed by atoms with E-state index < -0.39 is 6.04 Å².